The fourth-order valence-corrected chi connectivity index (χ4v) is 10.6. The summed E-state index contributed by atoms with van der Waals surface area (Å²) in [5.74, 6) is -1.34. The van der Waals surface area contributed by atoms with Gasteiger partial charge in [0.2, 0.25) is 0 Å². The molecule has 0 spiro atoms. The number of unbranched alkanes of at least 4 members (excludes halogenated alkanes) is 32. The molecule has 0 fully saturated rings. The number of aliphatic hydroxyl groups is 1. The lowest BCUT2D eigenvalue weighted by Crippen LogP contribution is -2.30. The van der Waals surface area contributed by atoms with Crippen LogP contribution in [0.2, 0.25) is 0 Å². The Balaban J connectivity index is 5.18. The molecule has 0 rings (SSSR count). The summed E-state index contributed by atoms with van der Waals surface area (Å²) in [4.78, 5) is 71.8. The average Bonchev–Trinajstić information content (AvgIpc) is 3.43. The second-order valence-electron chi connectivity index (χ2n) is 22.3. The molecule has 0 aromatic rings. The Kier molecular flexibility index (Phi) is 53.6. The van der Waals surface area contributed by atoms with Crippen LogP contribution >= 0.6 is 15.6 Å². The largest absolute Gasteiger partial charge is 0.472 e. The summed E-state index contributed by atoms with van der Waals surface area (Å²) in [5.41, 5.74) is 0. The van der Waals surface area contributed by atoms with Crippen LogP contribution in [0.25, 0.3) is 0 Å². The number of esters is 4. The van der Waals surface area contributed by atoms with Crippen LogP contribution in [0.1, 0.15) is 304 Å². The normalized spacial score (nSPS) is 14.7. The minimum Gasteiger partial charge on any atom is -0.462 e. The molecule has 0 aliphatic rings. The summed E-state index contributed by atoms with van der Waals surface area (Å²) in [5, 5.41) is 10.5. The van der Waals surface area contributed by atoms with Crippen LogP contribution in [0.3, 0.4) is 0 Å². The number of rotatable bonds is 61. The summed E-state index contributed by atoms with van der Waals surface area (Å²) in [7, 11) is -9.87. The first-order valence-corrected chi connectivity index (χ1v) is 35.2. The second kappa shape index (κ2) is 55.0. The predicted octanol–water partition coefficient (Wildman–Crippen LogP) is 16.6. The number of phosphoric ester groups is 2. The van der Waals surface area contributed by atoms with E-state index in [2.05, 4.69) is 34.6 Å². The van der Waals surface area contributed by atoms with Gasteiger partial charge in [-0.15, -0.1) is 0 Å². The van der Waals surface area contributed by atoms with Crippen molar-refractivity contribution in [3.05, 3.63) is 0 Å². The van der Waals surface area contributed by atoms with E-state index in [1.165, 1.54) is 122 Å². The SMILES string of the molecule is CCCCCCCCCCCCCCC(=O)OC[C@H](COP(=O)(O)OC[C@@H](O)COP(=O)(O)OC[C@@H](COC(=O)CCCCCCC)OC(=O)CCCCCCCCCCC)OC(=O)CCCCCCCCCCCCC(C)CC. The average molecular weight is 1190 g/mol. The van der Waals surface area contributed by atoms with Crippen molar-refractivity contribution in [1.29, 1.82) is 0 Å². The maximum absolute atomic E-state index is 12.9. The highest BCUT2D eigenvalue weighted by Crippen LogP contribution is 2.45. The molecule has 0 aromatic carbocycles. The fraction of sp³-hybridized carbons (Fsp3) is 0.934. The number of carbonyl (C=O) groups excluding carboxylic acids is 4. The Morgan fingerprint density at radius 2 is 0.600 bits per heavy atom. The van der Waals surface area contributed by atoms with E-state index in [0.717, 1.165) is 102 Å². The second-order valence-corrected chi connectivity index (χ2v) is 25.2. The Morgan fingerprint density at radius 1 is 0.350 bits per heavy atom. The Bertz CT molecular complexity index is 1570. The zero-order valence-electron chi connectivity index (χ0n) is 51.2. The maximum Gasteiger partial charge on any atom is 0.472 e. The van der Waals surface area contributed by atoms with Crippen LogP contribution in [0.4, 0.5) is 0 Å². The predicted molar refractivity (Wildman–Crippen MR) is 317 cm³/mol. The Hall–Kier alpha value is -1.94. The van der Waals surface area contributed by atoms with Crippen molar-refractivity contribution in [3.63, 3.8) is 0 Å². The number of phosphoric acid groups is 2. The third-order valence-electron chi connectivity index (χ3n) is 14.4. The molecule has 0 bridgehead atoms. The van der Waals surface area contributed by atoms with Gasteiger partial charge in [-0.3, -0.25) is 37.3 Å². The molecule has 0 saturated carbocycles. The van der Waals surface area contributed by atoms with Gasteiger partial charge < -0.3 is 33.8 Å². The van der Waals surface area contributed by atoms with Gasteiger partial charge in [-0.2, -0.15) is 0 Å². The van der Waals surface area contributed by atoms with Gasteiger partial charge >= 0.3 is 39.5 Å². The zero-order valence-corrected chi connectivity index (χ0v) is 53.0. The third-order valence-corrected chi connectivity index (χ3v) is 16.3. The van der Waals surface area contributed by atoms with E-state index in [1.807, 2.05) is 0 Å². The number of aliphatic hydroxyl groups excluding tert-OH is 1. The molecule has 3 unspecified atom stereocenters. The van der Waals surface area contributed by atoms with Gasteiger partial charge in [-0.25, -0.2) is 9.13 Å². The van der Waals surface area contributed by atoms with Crippen molar-refractivity contribution >= 4 is 39.5 Å². The molecule has 0 amide bonds. The molecule has 3 N–H and O–H groups in total. The standard InChI is InChI=1S/C61H118O17P2/c1-6-10-13-16-18-20-21-22-27-30-35-40-45-59(64)72-51-57(78-61(66)47-42-37-32-28-24-23-26-29-34-38-43-54(5)9-4)53-76-80(69,70)74-49-55(62)48-73-79(67,68)75-52-56(50-71-58(63)44-39-33-15-12-8-3)77-60(65)46-41-36-31-25-19-17-14-11-7-2/h54-57,62H,6-53H2,1-5H3,(H,67,68)(H,69,70)/t54?,55-,56+,57+/m0/s1. The first-order chi connectivity index (χ1) is 38.6. The molecule has 6 atom stereocenters. The quantitative estimate of drug-likeness (QED) is 0.0222. The first-order valence-electron chi connectivity index (χ1n) is 32.2. The molecule has 474 valence electrons. The maximum atomic E-state index is 12.9. The van der Waals surface area contributed by atoms with E-state index >= 15 is 0 Å². The number of hydrogen-bond acceptors (Lipinski definition) is 15. The lowest BCUT2D eigenvalue weighted by atomic mass is 9.99. The van der Waals surface area contributed by atoms with Gasteiger partial charge in [0.05, 0.1) is 26.4 Å². The van der Waals surface area contributed by atoms with Crippen LogP contribution in [0, 0.1) is 5.92 Å². The van der Waals surface area contributed by atoms with Crippen LogP contribution < -0.4 is 0 Å². The van der Waals surface area contributed by atoms with E-state index in [1.54, 1.807) is 0 Å². The Labute approximate surface area is 486 Å². The summed E-state index contributed by atoms with van der Waals surface area (Å²) in [6.07, 6.45) is 37.8. The highest BCUT2D eigenvalue weighted by atomic mass is 31.2. The minimum atomic E-state index is -4.94. The van der Waals surface area contributed by atoms with Gasteiger partial charge in [0.25, 0.3) is 0 Å². The number of carbonyl (C=O) groups is 4. The number of hydrogen-bond donors (Lipinski definition) is 3. The molecule has 0 aliphatic carbocycles. The molecular formula is C61H118O17P2. The van der Waals surface area contributed by atoms with Crippen molar-refractivity contribution in [1.82, 2.24) is 0 Å². The first kappa shape index (κ1) is 78.1. The molecule has 0 aliphatic heterocycles. The topological polar surface area (TPSA) is 237 Å². The van der Waals surface area contributed by atoms with E-state index < -0.39 is 97.5 Å². The fourth-order valence-electron chi connectivity index (χ4n) is 9.02. The lowest BCUT2D eigenvalue weighted by Gasteiger charge is -2.21. The van der Waals surface area contributed by atoms with Crippen molar-refractivity contribution in [2.24, 2.45) is 5.92 Å². The van der Waals surface area contributed by atoms with E-state index in [9.17, 15) is 43.2 Å². The molecule has 17 nitrogen and oxygen atoms in total. The summed E-state index contributed by atoms with van der Waals surface area (Å²) >= 11 is 0. The van der Waals surface area contributed by atoms with E-state index in [-0.39, 0.29) is 25.7 Å². The summed E-state index contributed by atoms with van der Waals surface area (Å²) < 4.78 is 67.7. The monoisotopic (exact) mass is 1180 g/mol. The van der Waals surface area contributed by atoms with Crippen molar-refractivity contribution < 1.29 is 80.2 Å². The lowest BCUT2D eigenvalue weighted by molar-refractivity contribution is -0.161. The molecule has 0 radical (unpaired) electrons. The summed E-state index contributed by atoms with van der Waals surface area (Å²) in [6.45, 7) is 7.09. The van der Waals surface area contributed by atoms with Gasteiger partial charge in [-0.1, -0.05) is 253 Å². The van der Waals surface area contributed by atoms with Gasteiger partial charge in [0, 0.05) is 25.7 Å². The van der Waals surface area contributed by atoms with Crippen molar-refractivity contribution in [3.8, 4) is 0 Å². The molecule has 0 aromatic heterocycles. The van der Waals surface area contributed by atoms with Gasteiger partial charge in [-0.05, 0) is 31.6 Å². The summed E-state index contributed by atoms with van der Waals surface area (Å²) in [6, 6.07) is 0. The highest BCUT2D eigenvalue weighted by Gasteiger charge is 2.30. The molecule has 0 heterocycles. The highest BCUT2D eigenvalue weighted by molar-refractivity contribution is 7.47. The van der Waals surface area contributed by atoms with E-state index in [4.69, 9.17) is 37.0 Å². The van der Waals surface area contributed by atoms with Crippen LogP contribution in [-0.2, 0) is 65.4 Å². The van der Waals surface area contributed by atoms with E-state index in [0.29, 0.717) is 25.7 Å². The zero-order chi connectivity index (χ0) is 59.2. The molecular weight excluding hydrogens is 1070 g/mol. The van der Waals surface area contributed by atoms with Gasteiger partial charge in [0.1, 0.15) is 19.3 Å². The minimum absolute atomic E-state index is 0.105. The third kappa shape index (κ3) is 54.0. The van der Waals surface area contributed by atoms with Crippen LogP contribution in [0.15, 0.2) is 0 Å². The molecule has 0 saturated heterocycles. The van der Waals surface area contributed by atoms with Crippen molar-refractivity contribution in [2.75, 3.05) is 39.6 Å². The van der Waals surface area contributed by atoms with Crippen molar-refractivity contribution in [2.45, 2.75) is 323 Å². The molecule has 80 heavy (non-hydrogen) atoms. The van der Waals surface area contributed by atoms with Crippen LogP contribution in [0.5, 0.6) is 0 Å². The smallest absolute Gasteiger partial charge is 0.462 e. The van der Waals surface area contributed by atoms with Crippen LogP contribution in [-0.4, -0.2) is 96.7 Å². The molecule has 19 heteroatoms. The Morgan fingerprint density at radius 3 is 0.887 bits per heavy atom. The van der Waals surface area contributed by atoms with Gasteiger partial charge in [0.15, 0.2) is 12.2 Å². The number of ether oxygens (including phenoxy) is 4.